The predicted octanol–water partition coefficient (Wildman–Crippen LogP) is 2.03. The Balaban J connectivity index is 2.48. The van der Waals surface area contributed by atoms with Crippen LogP contribution >= 0.6 is 23.2 Å². The Morgan fingerprint density at radius 3 is 2.75 bits per heavy atom. The Morgan fingerprint density at radius 2 is 2.17 bits per heavy atom. The molecule has 0 bridgehead atoms. The minimum Gasteiger partial charge on any atom is -0.365 e. The molecule has 64 valence electrons. The SMILES string of the molecule is CC1(c2cc(Cl)nnc2Cl)CO1. The number of rotatable bonds is 1. The van der Waals surface area contributed by atoms with Crippen molar-refractivity contribution in [2.75, 3.05) is 6.61 Å². The number of nitrogens with zero attached hydrogens (tertiary/aromatic N) is 2. The molecule has 2 rings (SSSR count). The molecule has 1 aliphatic heterocycles. The molecule has 1 saturated heterocycles. The quantitative estimate of drug-likeness (QED) is 0.658. The van der Waals surface area contributed by atoms with Gasteiger partial charge < -0.3 is 4.74 Å². The van der Waals surface area contributed by atoms with Crippen molar-refractivity contribution in [1.29, 1.82) is 0 Å². The first-order valence-corrected chi connectivity index (χ1v) is 4.20. The van der Waals surface area contributed by atoms with Gasteiger partial charge in [0.25, 0.3) is 0 Å². The summed E-state index contributed by atoms with van der Waals surface area (Å²) >= 11 is 11.5. The third kappa shape index (κ3) is 1.28. The standard InChI is InChI=1S/C7H6Cl2N2O/c1-7(3-12-7)4-2-5(8)10-11-6(4)9/h2H,3H2,1H3. The van der Waals surface area contributed by atoms with E-state index in [1.807, 2.05) is 6.92 Å². The van der Waals surface area contributed by atoms with Crippen LogP contribution in [0.15, 0.2) is 6.07 Å². The lowest BCUT2D eigenvalue weighted by Crippen LogP contribution is -2.05. The summed E-state index contributed by atoms with van der Waals surface area (Å²) in [6.07, 6.45) is 0. The van der Waals surface area contributed by atoms with E-state index < -0.39 is 0 Å². The van der Waals surface area contributed by atoms with Crippen molar-refractivity contribution in [3.63, 3.8) is 0 Å². The number of aromatic nitrogens is 2. The fourth-order valence-corrected chi connectivity index (χ4v) is 1.43. The average Bonchev–Trinajstić information content (AvgIpc) is 2.75. The van der Waals surface area contributed by atoms with Gasteiger partial charge in [-0.05, 0) is 13.0 Å². The van der Waals surface area contributed by atoms with Gasteiger partial charge in [-0.3, -0.25) is 0 Å². The second-order valence-corrected chi connectivity index (χ2v) is 3.64. The lowest BCUT2D eigenvalue weighted by molar-refractivity contribution is 0.329. The molecule has 12 heavy (non-hydrogen) atoms. The second kappa shape index (κ2) is 2.55. The zero-order chi connectivity index (χ0) is 8.77. The predicted molar refractivity (Wildman–Crippen MR) is 45.4 cm³/mol. The summed E-state index contributed by atoms with van der Waals surface area (Å²) < 4.78 is 5.21. The summed E-state index contributed by atoms with van der Waals surface area (Å²) in [5, 5.41) is 8.00. The van der Waals surface area contributed by atoms with E-state index in [2.05, 4.69) is 10.2 Å². The molecular weight excluding hydrogens is 199 g/mol. The van der Waals surface area contributed by atoms with Crippen LogP contribution in [0.5, 0.6) is 0 Å². The highest BCUT2D eigenvalue weighted by molar-refractivity contribution is 6.31. The molecule has 1 atom stereocenters. The first-order valence-electron chi connectivity index (χ1n) is 3.45. The van der Waals surface area contributed by atoms with Crippen LogP contribution < -0.4 is 0 Å². The molecule has 0 spiro atoms. The molecule has 1 aliphatic rings. The van der Waals surface area contributed by atoms with Crippen molar-refractivity contribution in [2.45, 2.75) is 12.5 Å². The summed E-state index contributed by atoms with van der Waals surface area (Å²) in [4.78, 5) is 0. The second-order valence-electron chi connectivity index (χ2n) is 2.89. The average molecular weight is 205 g/mol. The van der Waals surface area contributed by atoms with Crippen molar-refractivity contribution < 1.29 is 4.74 Å². The lowest BCUT2D eigenvalue weighted by atomic mass is 10.1. The molecule has 0 aromatic carbocycles. The Morgan fingerprint density at radius 1 is 1.50 bits per heavy atom. The Hall–Kier alpha value is -0.380. The molecule has 3 nitrogen and oxygen atoms in total. The van der Waals surface area contributed by atoms with Crippen molar-refractivity contribution in [1.82, 2.24) is 10.2 Å². The third-order valence-corrected chi connectivity index (χ3v) is 2.33. The Kier molecular flexibility index (Phi) is 1.75. The summed E-state index contributed by atoms with van der Waals surface area (Å²) in [5.41, 5.74) is 0.514. The van der Waals surface area contributed by atoms with Crippen LogP contribution in [0.2, 0.25) is 10.3 Å². The van der Waals surface area contributed by atoms with E-state index in [0.29, 0.717) is 16.9 Å². The molecule has 1 aromatic rings. The number of halogens is 2. The maximum atomic E-state index is 5.81. The summed E-state index contributed by atoms with van der Waals surface area (Å²) in [6.45, 7) is 2.60. The van der Waals surface area contributed by atoms with Gasteiger partial charge >= 0.3 is 0 Å². The normalized spacial score (nSPS) is 27.2. The largest absolute Gasteiger partial charge is 0.365 e. The first kappa shape index (κ1) is 8.23. The molecule has 1 unspecified atom stereocenters. The molecule has 0 saturated carbocycles. The Bertz CT molecular complexity index is 325. The van der Waals surface area contributed by atoms with Crippen molar-refractivity contribution in [3.8, 4) is 0 Å². The van der Waals surface area contributed by atoms with Crippen LogP contribution in [0.25, 0.3) is 0 Å². The van der Waals surface area contributed by atoms with E-state index in [1.165, 1.54) is 0 Å². The van der Waals surface area contributed by atoms with Gasteiger partial charge in [-0.15, -0.1) is 10.2 Å². The van der Waals surface area contributed by atoms with Crippen LogP contribution in [0, 0.1) is 0 Å². The zero-order valence-corrected chi connectivity index (χ0v) is 7.85. The van der Waals surface area contributed by atoms with Gasteiger partial charge in [0.15, 0.2) is 10.3 Å². The topological polar surface area (TPSA) is 38.3 Å². The van der Waals surface area contributed by atoms with Crippen molar-refractivity contribution in [2.24, 2.45) is 0 Å². The maximum Gasteiger partial charge on any atom is 0.157 e. The van der Waals surface area contributed by atoms with Crippen LogP contribution in [-0.4, -0.2) is 16.8 Å². The van der Waals surface area contributed by atoms with Gasteiger partial charge in [0.2, 0.25) is 0 Å². The lowest BCUT2D eigenvalue weighted by Gasteiger charge is -2.05. The van der Waals surface area contributed by atoms with Crippen LogP contribution in [0.4, 0.5) is 0 Å². The summed E-state index contributed by atoms with van der Waals surface area (Å²) in [5.74, 6) is 0. The zero-order valence-electron chi connectivity index (χ0n) is 6.34. The summed E-state index contributed by atoms with van der Waals surface area (Å²) in [6, 6.07) is 1.68. The number of hydrogen-bond donors (Lipinski definition) is 0. The number of epoxide rings is 1. The first-order chi connectivity index (χ1) is 5.62. The van der Waals surface area contributed by atoms with Crippen LogP contribution in [-0.2, 0) is 10.3 Å². The highest BCUT2D eigenvalue weighted by atomic mass is 35.5. The van der Waals surface area contributed by atoms with Gasteiger partial charge in [0.05, 0.1) is 6.61 Å². The van der Waals surface area contributed by atoms with E-state index >= 15 is 0 Å². The molecule has 0 amide bonds. The molecule has 1 aromatic heterocycles. The number of hydrogen-bond acceptors (Lipinski definition) is 3. The maximum absolute atomic E-state index is 5.81. The van der Waals surface area contributed by atoms with E-state index in [-0.39, 0.29) is 5.60 Å². The fourth-order valence-electron chi connectivity index (χ4n) is 0.988. The molecule has 0 aliphatic carbocycles. The van der Waals surface area contributed by atoms with E-state index in [1.54, 1.807) is 6.07 Å². The van der Waals surface area contributed by atoms with E-state index in [4.69, 9.17) is 27.9 Å². The highest BCUT2D eigenvalue weighted by Gasteiger charge is 2.43. The van der Waals surface area contributed by atoms with Crippen LogP contribution in [0.1, 0.15) is 12.5 Å². The van der Waals surface area contributed by atoms with Gasteiger partial charge in [-0.2, -0.15) is 0 Å². The van der Waals surface area contributed by atoms with Gasteiger partial charge in [-0.1, -0.05) is 23.2 Å². The molecule has 0 radical (unpaired) electrons. The van der Waals surface area contributed by atoms with E-state index in [0.717, 1.165) is 5.56 Å². The minimum absolute atomic E-state index is 0.295. The molecule has 1 fully saturated rings. The van der Waals surface area contributed by atoms with Crippen molar-refractivity contribution >= 4 is 23.2 Å². The van der Waals surface area contributed by atoms with Gasteiger partial charge in [0, 0.05) is 5.56 Å². The number of ether oxygens (including phenoxy) is 1. The minimum atomic E-state index is -0.295. The van der Waals surface area contributed by atoms with Crippen LogP contribution in [0.3, 0.4) is 0 Å². The van der Waals surface area contributed by atoms with E-state index in [9.17, 15) is 0 Å². The molecular formula is C7H6Cl2N2O. The molecule has 0 N–H and O–H groups in total. The fraction of sp³-hybridized carbons (Fsp3) is 0.429. The third-order valence-electron chi connectivity index (χ3n) is 1.87. The van der Waals surface area contributed by atoms with Gasteiger partial charge in [-0.25, -0.2) is 0 Å². The van der Waals surface area contributed by atoms with Gasteiger partial charge in [0.1, 0.15) is 5.60 Å². The summed E-state index contributed by atoms with van der Waals surface area (Å²) in [7, 11) is 0. The monoisotopic (exact) mass is 204 g/mol. The highest BCUT2D eigenvalue weighted by Crippen LogP contribution is 2.41. The smallest absolute Gasteiger partial charge is 0.157 e. The van der Waals surface area contributed by atoms with Crippen molar-refractivity contribution in [3.05, 3.63) is 21.9 Å². The molecule has 2 heterocycles. The Labute approximate surface area is 79.6 Å². The molecule has 5 heteroatoms.